The first kappa shape index (κ1) is 11.3. The van der Waals surface area contributed by atoms with Gasteiger partial charge in [-0.15, -0.1) is 10.2 Å². The Morgan fingerprint density at radius 2 is 2.35 bits per heavy atom. The number of nitrogen functional groups attached to an aromatic ring is 1. The Balaban J connectivity index is 1.99. The van der Waals surface area contributed by atoms with Crippen LogP contribution in [0.2, 0.25) is 0 Å². The van der Waals surface area contributed by atoms with E-state index in [0.717, 1.165) is 0 Å². The van der Waals surface area contributed by atoms with Crippen molar-refractivity contribution in [2.75, 3.05) is 5.43 Å². The number of benzene rings is 1. The van der Waals surface area contributed by atoms with Crippen LogP contribution in [0.15, 0.2) is 24.3 Å². The fourth-order valence-corrected chi connectivity index (χ4v) is 1.73. The summed E-state index contributed by atoms with van der Waals surface area (Å²) in [6, 6.07) is 8.98. The second-order valence-electron chi connectivity index (χ2n) is 3.07. The summed E-state index contributed by atoms with van der Waals surface area (Å²) in [5, 5.41) is 17.6. The third-order valence-electron chi connectivity index (χ3n) is 1.92. The highest BCUT2D eigenvalue weighted by Gasteiger charge is 2.03. The lowest BCUT2D eigenvalue weighted by atomic mass is 10.2. The van der Waals surface area contributed by atoms with Crippen LogP contribution in [0.1, 0.15) is 10.6 Å². The second kappa shape index (κ2) is 5.25. The van der Waals surface area contributed by atoms with Crippen LogP contribution in [0.3, 0.4) is 0 Å². The zero-order valence-electron chi connectivity index (χ0n) is 8.75. The molecular weight excluding hydrogens is 238 g/mol. The summed E-state index contributed by atoms with van der Waals surface area (Å²) in [5.41, 5.74) is 2.97. The SMILES string of the molecule is N#Cc1cccc(OCc2nnc(NN)s2)c1. The van der Waals surface area contributed by atoms with Gasteiger partial charge in [-0.3, -0.25) is 5.43 Å². The quantitative estimate of drug-likeness (QED) is 0.624. The molecule has 0 amide bonds. The maximum atomic E-state index is 8.73. The Hall–Kier alpha value is -2.17. The van der Waals surface area contributed by atoms with E-state index in [-0.39, 0.29) is 0 Å². The average molecular weight is 247 g/mol. The predicted octanol–water partition coefficient (Wildman–Crippen LogP) is 1.27. The lowest BCUT2D eigenvalue weighted by Gasteiger charge is -2.02. The summed E-state index contributed by atoms with van der Waals surface area (Å²) in [7, 11) is 0. The molecule has 1 aromatic carbocycles. The molecule has 0 radical (unpaired) electrons. The van der Waals surface area contributed by atoms with Gasteiger partial charge in [-0.25, -0.2) is 5.84 Å². The van der Waals surface area contributed by atoms with Crippen molar-refractivity contribution in [2.24, 2.45) is 5.84 Å². The molecule has 0 fully saturated rings. The summed E-state index contributed by atoms with van der Waals surface area (Å²) >= 11 is 1.31. The van der Waals surface area contributed by atoms with Gasteiger partial charge in [0.15, 0.2) is 5.01 Å². The third kappa shape index (κ3) is 2.90. The van der Waals surface area contributed by atoms with Gasteiger partial charge in [0.05, 0.1) is 11.6 Å². The number of ether oxygens (including phenoxy) is 1. The highest BCUT2D eigenvalue weighted by atomic mass is 32.1. The maximum Gasteiger partial charge on any atom is 0.219 e. The van der Waals surface area contributed by atoms with Gasteiger partial charge in [0, 0.05) is 0 Å². The average Bonchev–Trinajstić information content (AvgIpc) is 2.84. The fraction of sp³-hybridized carbons (Fsp3) is 0.100. The van der Waals surface area contributed by atoms with Crippen LogP contribution in [-0.2, 0) is 6.61 Å². The number of nitrogens with two attached hydrogens (primary N) is 1. The van der Waals surface area contributed by atoms with E-state index in [9.17, 15) is 0 Å². The summed E-state index contributed by atoms with van der Waals surface area (Å²) in [6.07, 6.45) is 0. The fourth-order valence-electron chi connectivity index (χ4n) is 1.17. The molecule has 86 valence electrons. The van der Waals surface area contributed by atoms with Crippen molar-refractivity contribution in [2.45, 2.75) is 6.61 Å². The standard InChI is InChI=1S/C10H9N5OS/c11-5-7-2-1-3-8(4-7)16-6-9-14-15-10(13-12)17-9/h1-4H,6,12H2,(H,13,15). The molecule has 0 saturated heterocycles. The van der Waals surface area contributed by atoms with E-state index in [1.54, 1.807) is 24.3 Å². The monoisotopic (exact) mass is 247 g/mol. The number of aromatic nitrogens is 2. The molecule has 2 aromatic rings. The highest BCUT2D eigenvalue weighted by Crippen LogP contribution is 2.18. The van der Waals surface area contributed by atoms with E-state index in [2.05, 4.69) is 15.6 Å². The van der Waals surface area contributed by atoms with Gasteiger partial charge in [-0.2, -0.15) is 5.26 Å². The van der Waals surface area contributed by atoms with Crippen LogP contribution in [0, 0.1) is 11.3 Å². The Morgan fingerprint density at radius 3 is 3.06 bits per heavy atom. The van der Waals surface area contributed by atoms with Gasteiger partial charge in [0.1, 0.15) is 12.4 Å². The minimum atomic E-state index is 0.300. The minimum absolute atomic E-state index is 0.300. The molecule has 0 atom stereocenters. The first-order valence-electron chi connectivity index (χ1n) is 4.74. The van der Waals surface area contributed by atoms with Crippen molar-refractivity contribution < 1.29 is 4.74 Å². The number of hydrogen-bond acceptors (Lipinski definition) is 7. The van der Waals surface area contributed by atoms with Crippen molar-refractivity contribution >= 4 is 16.5 Å². The first-order valence-corrected chi connectivity index (χ1v) is 5.55. The normalized spacial score (nSPS) is 9.65. The molecule has 17 heavy (non-hydrogen) atoms. The van der Waals surface area contributed by atoms with E-state index < -0.39 is 0 Å². The van der Waals surface area contributed by atoms with Crippen LogP contribution in [0.5, 0.6) is 5.75 Å². The molecular formula is C10H9N5OS. The molecule has 0 saturated carbocycles. The Labute approximate surface area is 102 Å². The molecule has 6 nitrogen and oxygen atoms in total. The topological polar surface area (TPSA) is 96.8 Å². The Morgan fingerprint density at radius 1 is 1.47 bits per heavy atom. The van der Waals surface area contributed by atoms with Crippen molar-refractivity contribution in [1.82, 2.24) is 10.2 Å². The summed E-state index contributed by atoms with van der Waals surface area (Å²) in [5.74, 6) is 5.82. The van der Waals surface area contributed by atoms with Crippen molar-refractivity contribution in [3.05, 3.63) is 34.8 Å². The number of anilines is 1. The van der Waals surface area contributed by atoms with Crippen LogP contribution < -0.4 is 16.0 Å². The third-order valence-corrected chi connectivity index (χ3v) is 2.74. The summed E-state index contributed by atoms with van der Waals surface area (Å²) < 4.78 is 5.48. The van der Waals surface area contributed by atoms with Crippen LogP contribution >= 0.6 is 11.3 Å². The lowest BCUT2D eigenvalue weighted by Crippen LogP contribution is -2.05. The van der Waals surface area contributed by atoms with E-state index in [4.69, 9.17) is 15.8 Å². The molecule has 1 heterocycles. The van der Waals surface area contributed by atoms with Crippen LogP contribution in [0.4, 0.5) is 5.13 Å². The predicted molar refractivity (Wildman–Crippen MR) is 63.2 cm³/mol. The summed E-state index contributed by atoms with van der Waals surface area (Å²) in [4.78, 5) is 0. The van der Waals surface area contributed by atoms with E-state index in [1.165, 1.54) is 11.3 Å². The van der Waals surface area contributed by atoms with Gasteiger partial charge < -0.3 is 4.74 Å². The smallest absolute Gasteiger partial charge is 0.219 e. The van der Waals surface area contributed by atoms with Crippen LogP contribution in [-0.4, -0.2) is 10.2 Å². The molecule has 0 spiro atoms. The Bertz CT molecular complexity index is 548. The zero-order chi connectivity index (χ0) is 12.1. The lowest BCUT2D eigenvalue weighted by molar-refractivity contribution is 0.304. The first-order chi connectivity index (χ1) is 8.31. The molecule has 1 aromatic heterocycles. The number of nitrogens with zero attached hydrogens (tertiary/aromatic N) is 3. The van der Waals surface area contributed by atoms with Gasteiger partial charge in [0.2, 0.25) is 5.13 Å². The molecule has 0 aliphatic rings. The number of hydrogen-bond donors (Lipinski definition) is 2. The highest BCUT2D eigenvalue weighted by molar-refractivity contribution is 7.15. The molecule has 0 bridgehead atoms. The van der Waals surface area contributed by atoms with Crippen molar-refractivity contribution in [3.8, 4) is 11.8 Å². The number of rotatable bonds is 4. The minimum Gasteiger partial charge on any atom is -0.486 e. The van der Waals surface area contributed by atoms with Gasteiger partial charge in [0.25, 0.3) is 0 Å². The summed E-state index contributed by atoms with van der Waals surface area (Å²) in [6.45, 7) is 0.300. The maximum absolute atomic E-state index is 8.73. The number of nitriles is 1. The van der Waals surface area contributed by atoms with Gasteiger partial charge in [-0.1, -0.05) is 17.4 Å². The molecule has 3 N–H and O–H groups in total. The van der Waals surface area contributed by atoms with Gasteiger partial charge >= 0.3 is 0 Å². The van der Waals surface area contributed by atoms with Gasteiger partial charge in [-0.05, 0) is 18.2 Å². The molecule has 7 heteroatoms. The van der Waals surface area contributed by atoms with Crippen LogP contribution in [0.25, 0.3) is 0 Å². The number of hydrazine groups is 1. The number of nitrogens with one attached hydrogen (secondary N) is 1. The van der Waals surface area contributed by atoms with Crippen molar-refractivity contribution in [3.63, 3.8) is 0 Å². The van der Waals surface area contributed by atoms with E-state index in [0.29, 0.717) is 28.1 Å². The Kier molecular flexibility index (Phi) is 3.49. The molecule has 0 aliphatic carbocycles. The van der Waals surface area contributed by atoms with E-state index in [1.807, 2.05) is 6.07 Å². The molecule has 0 aliphatic heterocycles. The molecule has 0 unspecified atom stereocenters. The molecule has 2 rings (SSSR count). The second-order valence-corrected chi connectivity index (χ2v) is 4.14. The largest absolute Gasteiger partial charge is 0.486 e. The zero-order valence-corrected chi connectivity index (χ0v) is 9.57. The van der Waals surface area contributed by atoms with Crippen molar-refractivity contribution in [1.29, 1.82) is 5.26 Å². The van der Waals surface area contributed by atoms with E-state index >= 15 is 0 Å².